The van der Waals surface area contributed by atoms with Crippen LogP contribution in [0.3, 0.4) is 0 Å². The number of sulfonamides is 1. The van der Waals surface area contributed by atoms with Crippen molar-refractivity contribution in [3.8, 4) is 0 Å². The molecule has 2 N–H and O–H groups in total. The highest BCUT2D eigenvalue weighted by Gasteiger charge is 2.31. The van der Waals surface area contributed by atoms with Crippen molar-refractivity contribution in [2.45, 2.75) is 44.6 Å². The second-order valence-corrected chi connectivity index (χ2v) is 10.1. The number of carbonyl (C=O) groups is 1. The van der Waals surface area contributed by atoms with Crippen LogP contribution in [0.5, 0.6) is 0 Å². The standard InChI is InChI=1S/C19H30ClN3O3S/c1-15(2)7-8-16(3)21-19(24)14-22-9-11-23(12-10-22)27(25,26)18-6-4-5-17(20)13-18/h4-6,13,15-16H,7-12,14H2,1-3H3,(H,21,24)/p+1/t16-/m0/s1. The SMILES string of the molecule is CC(C)CC[C@H](C)NC(=O)C[NH+]1CCN(S(=O)(=O)c2cccc(Cl)c2)CC1. The molecule has 0 aromatic heterocycles. The fourth-order valence-corrected chi connectivity index (χ4v) is 4.95. The number of nitrogens with zero attached hydrogens (tertiary/aromatic N) is 1. The average Bonchev–Trinajstić information content (AvgIpc) is 2.60. The zero-order valence-electron chi connectivity index (χ0n) is 16.4. The summed E-state index contributed by atoms with van der Waals surface area (Å²) in [6.45, 7) is 8.81. The van der Waals surface area contributed by atoms with Crippen LogP contribution in [0.2, 0.25) is 5.02 Å². The summed E-state index contributed by atoms with van der Waals surface area (Å²) < 4.78 is 26.9. The van der Waals surface area contributed by atoms with Gasteiger partial charge in [0, 0.05) is 11.1 Å². The number of quaternary nitrogens is 1. The Bertz CT molecular complexity index is 731. The highest BCUT2D eigenvalue weighted by atomic mass is 35.5. The second kappa shape index (κ2) is 9.87. The van der Waals surface area contributed by atoms with Gasteiger partial charge < -0.3 is 10.2 Å². The van der Waals surface area contributed by atoms with Gasteiger partial charge >= 0.3 is 0 Å². The highest BCUT2D eigenvalue weighted by molar-refractivity contribution is 7.89. The Balaban J connectivity index is 1.82. The molecule has 1 atom stereocenters. The van der Waals surface area contributed by atoms with Gasteiger partial charge in [-0.3, -0.25) is 4.79 Å². The lowest BCUT2D eigenvalue weighted by Gasteiger charge is -2.31. The minimum atomic E-state index is -3.54. The lowest BCUT2D eigenvalue weighted by Crippen LogP contribution is -3.15. The molecule has 27 heavy (non-hydrogen) atoms. The molecule has 1 amide bonds. The summed E-state index contributed by atoms with van der Waals surface area (Å²) in [6.07, 6.45) is 2.07. The summed E-state index contributed by atoms with van der Waals surface area (Å²) in [4.78, 5) is 13.6. The number of halogens is 1. The normalized spacial score (nSPS) is 17.8. The first kappa shape index (κ1) is 22.1. The number of carbonyl (C=O) groups excluding carboxylic acids is 1. The van der Waals surface area contributed by atoms with E-state index in [1.54, 1.807) is 18.2 Å². The van der Waals surface area contributed by atoms with Crippen molar-refractivity contribution in [2.75, 3.05) is 32.7 Å². The van der Waals surface area contributed by atoms with Crippen molar-refractivity contribution >= 4 is 27.5 Å². The van der Waals surface area contributed by atoms with Gasteiger partial charge in [0.2, 0.25) is 10.0 Å². The van der Waals surface area contributed by atoms with Gasteiger partial charge in [-0.1, -0.05) is 31.5 Å². The van der Waals surface area contributed by atoms with Crippen LogP contribution in [0.25, 0.3) is 0 Å². The quantitative estimate of drug-likeness (QED) is 0.668. The van der Waals surface area contributed by atoms with Crippen molar-refractivity contribution in [3.63, 3.8) is 0 Å². The first-order valence-corrected chi connectivity index (χ1v) is 11.4. The van der Waals surface area contributed by atoms with Gasteiger partial charge in [0.25, 0.3) is 5.91 Å². The van der Waals surface area contributed by atoms with Crippen molar-refractivity contribution < 1.29 is 18.1 Å². The molecule has 1 heterocycles. The predicted molar refractivity (Wildman–Crippen MR) is 107 cm³/mol. The zero-order chi connectivity index (χ0) is 20.0. The van der Waals surface area contributed by atoms with Gasteiger partial charge in [-0.15, -0.1) is 0 Å². The van der Waals surface area contributed by atoms with Crippen LogP contribution in [0.15, 0.2) is 29.2 Å². The molecular weight excluding hydrogens is 386 g/mol. The molecule has 0 radical (unpaired) electrons. The molecule has 1 fully saturated rings. The molecule has 0 bridgehead atoms. The van der Waals surface area contributed by atoms with Crippen molar-refractivity contribution in [1.82, 2.24) is 9.62 Å². The van der Waals surface area contributed by atoms with Crippen LogP contribution in [-0.2, 0) is 14.8 Å². The molecule has 1 aromatic rings. The number of hydrogen-bond acceptors (Lipinski definition) is 3. The molecule has 1 saturated heterocycles. The Morgan fingerprint density at radius 2 is 1.89 bits per heavy atom. The van der Waals surface area contributed by atoms with Gasteiger partial charge in [0.05, 0.1) is 31.1 Å². The minimum absolute atomic E-state index is 0.0346. The van der Waals surface area contributed by atoms with Crippen LogP contribution < -0.4 is 10.2 Å². The van der Waals surface area contributed by atoms with Gasteiger partial charge in [-0.25, -0.2) is 8.42 Å². The minimum Gasteiger partial charge on any atom is -0.349 e. The van der Waals surface area contributed by atoms with Crippen LogP contribution in [0.1, 0.15) is 33.6 Å². The maximum atomic E-state index is 12.7. The Morgan fingerprint density at radius 1 is 1.22 bits per heavy atom. The monoisotopic (exact) mass is 416 g/mol. The van der Waals surface area contributed by atoms with Crippen LogP contribution in [-0.4, -0.2) is 57.4 Å². The number of amides is 1. The van der Waals surface area contributed by atoms with Gasteiger partial charge in [-0.05, 0) is 43.9 Å². The first-order chi connectivity index (χ1) is 12.7. The van der Waals surface area contributed by atoms with Gasteiger partial charge in [-0.2, -0.15) is 4.31 Å². The van der Waals surface area contributed by atoms with E-state index in [1.807, 2.05) is 6.92 Å². The first-order valence-electron chi connectivity index (χ1n) is 9.57. The van der Waals surface area contributed by atoms with E-state index in [9.17, 15) is 13.2 Å². The Kier molecular flexibility index (Phi) is 8.09. The number of nitrogens with one attached hydrogen (secondary N) is 2. The molecule has 2 rings (SSSR count). The number of benzene rings is 1. The smallest absolute Gasteiger partial charge is 0.275 e. The van der Waals surface area contributed by atoms with E-state index in [0.29, 0.717) is 43.7 Å². The number of hydrogen-bond donors (Lipinski definition) is 2. The third-order valence-corrected chi connectivity index (χ3v) is 6.99. The van der Waals surface area contributed by atoms with E-state index >= 15 is 0 Å². The molecule has 1 aromatic carbocycles. The van der Waals surface area contributed by atoms with Crippen molar-refractivity contribution in [3.05, 3.63) is 29.3 Å². The summed E-state index contributed by atoms with van der Waals surface area (Å²) >= 11 is 5.92. The summed E-state index contributed by atoms with van der Waals surface area (Å²) in [6, 6.07) is 6.50. The number of rotatable bonds is 8. The molecular formula is C19H31ClN3O3S+. The summed E-state index contributed by atoms with van der Waals surface area (Å²) in [5, 5.41) is 3.46. The molecule has 0 aliphatic carbocycles. The van der Waals surface area contributed by atoms with E-state index in [4.69, 9.17) is 11.6 Å². The molecule has 1 aliphatic heterocycles. The highest BCUT2D eigenvalue weighted by Crippen LogP contribution is 2.19. The van der Waals surface area contributed by atoms with E-state index in [2.05, 4.69) is 19.2 Å². The topological polar surface area (TPSA) is 70.9 Å². The molecule has 1 aliphatic rings. The lowest BCUT2D eigenvalue weighted by atomic mass is 10.0. The maximum Gasteiger partial charge on any atom is 0.275 e. The third kappa shape index (κ3) is 6.75. The van der Waals surface area contributed by atoms with E-state index in [-0.39, 0.29) is 16.8 Å². The largest absolute Gasteiger partial charge is 0.349 e. The summed E-state index contributed by atoms with van der Waals surface area (Å²) in [5.74, 6) is 0.664. The molecule has 0 saturated carbocycles. The Morgan fingerprint density at radius 3 is 2.48 bits per heavy atom. The van der Waals surface area contributed by atoms with Crippen LogP contribution >= 0.6 is 11.6 Å². The average molecular weight is 417 g/mol. The summed E-state index contributed by atoms with van der Waals surface area (Å²) in [5.41, 5.74) is 0. The molecule has 0 spiro atoms. The maximum absolute atomic E-state index is 12.7. The second-order valence-electron chi connectivity index (χ2n) is 7.73. The molecule has 0 unspecified atom stereocenters. The van der Waals surface area contributed by atoms with E-state index in [1.165, 1.54) is 10.4 Å². The van der Waals surface area contributed by atoms with E-state index in [0.717, 1.165) is 17.7 Å². The third-order valence-electron chi connectivity index (χ3n) is 4.86. The predicted octanol–water partition coefficient (Wildman–Crippen LogP) is 1.17. The molecule has 8 heteroatoms. The number of piperazine rings is 1. The Labute approximate surface area is 167 Å². The Hall–Kier alpha value is -1.15. The molecule has 6 nitrogen and oxygen atoms in total. The van der Waals surface area contributed by atoms with Crippen LogP contribution in [0, 0.1) is 5.92 Å². The van der Waals surface area contributed by atoms with E-state index < -0.39 is 10.0 Å². The van der Waals surface area contributed by atoms with Crippen molar-refractivity contribution in [2.24, 2.45) is 5.92 Å². The molecule has 152 valence electrons. The fraction of sp³-hybridized carbons (Fsp3) is 0.632. The van der Waals surface area contributed by atoms with Crippen LogP contribution in [0.4, 0.5) is 0 Å². The summed E-state index contributed by atoms with van der Waals surface area (Å²) in [7, 11) is -3.54. The fourth-order valence-electron chi connectivity index (χ4n) is 3.20. The van der Waals surface area contributed by atoms with Gasteiger partial charge in [0.1, 0.15) is 0 Å². The van der Waals surface area contributed by atoms with Crippen molar-refractivity contribution in [1.29, 1.82) is 0 Å². The lowest BCUT2D eigenvalue weighted by molar-refractivity contribution is -0.895. The zero-order valence-corrected chi connectivity index (χ0v) is 17.9. The van der Waals surface area contributed by atoms with Gasteiger partial charge in [0.15, 0.2) is 6.54 Å².